The normalized spacial score (nSPS) is 15.1. The van der Waals surface area contributed by atoms with Crippen LogP contribution in [0.25, 0.3) is 11.0 Å². The molecule has 0 radical (unpaired) electrons. The highest BCUT2D eigenvalue weighted by atomic mass is 35.5. The van der Waals surface area contributed by atoms with Gasteiger partial charge in [-0.2, -0.15) is 0 Å². The zero-order valence-corrected chi connectivity index (χ0v) is 17.4. The molecule has 6 heteroatoms. The molecular weight excluding hydrogens is 366 g/mol. The van der Waals surface area contributed by atoms with Crippen molar-refractivity contribution >= 4 is 23.4 Å². The first-order chi connectivity index (χ1) is 12.3. The van der Waals surface area contributed by atoms with E-state index in [2.05, 4.69) is 5.32 Å². The van der Waals surface area contributed by atoms with Crippen LogP contribution in [0.5, 0.6) is 5.75 Å². The van der Waals surface area contributed by atoms with Gasteiger partial charge in [-0.25, -0.2) is 4.79 Å². The van der Waals surface area contributed by atoms with Gasteiger partial charge in [-0.05, 0) is 76.6 Å². The number of nitrogens with one attached hydrogen (secondary N) is 1. The zero-order valence-electron chi connectivity index (χ0n) is 16.6. The van der Waals surface area contributed by atoms with E-state index in [1.54, 1.807) is 6.92 Å². The average molecular weight is 396 g/mol. The highest BCUT2D eigenvalue weighted by Crippen LogP contribution is 2.34. The van der Waals surface area contributed by atoms with Gasteiger partial charge in [-0.1, -0.05) is 0 Å². The van der Waals surface area contributed by atoms with E-state index in [1.807, 2.05) is 32.9 Å². The monoisotopic (exact) mass is 395 g/mol. The van der Waals surface area contributed by atoms with Crippen molar-refractivity contribution in [2.24, 2.45) is 0 Å². The van der Waals surface area contributed by atoms with E-state index in [0.717, 1.165) is 53.5 Å². The first kappa shape index (κ1) is 21.7. The molecule has 1 aromatic carbocycles. The summed E-state index contributed by atoms with van der Waals surface area (Å²) < 4.78 is 11.8. The van der Waals surface area contributed by atoms with Crippen LogP contribution in [0.4, 0.5) is 0 Å². The average Bonchev–Trinajstić information content (AvgIpc) is 2.58. The number of aliphatic hydroxyl groups excluding tert-OH is 1. The molecule has 0 saturated carbocycles. The van der Waals surface area contributed by atoms with Gasteiger partial charge in [-0.3, -0.25) is 0 Å². The van der Waals surface area contributed by atoms with Crippen LogP contribution in [0.15, 0.2) is 21.3 Å². The lowest BCUT2D eigenvalue weighted by Crippen LogP contribution is -2.47. The molecule has 0 fully saturated rings. The number of β-amino-alcohol motifs (C(OH)–C–C–N with tert-alkyl or cyclic N) is 1. The van der Waals surface area contributed by atoms with Crippen LogP contribution in [0.2, 0.25) is 0 Å². The first-order valence-corrected chi connectivity index (χ1v) is 9.42. The van der Waals surface area contributed by atoms with Gasteiger partial charge in [0, 0.05) is 17.6 Å². The molecular formula is C21H30ClNO4. The number of aryl methyl sites for hydroxylation is 2. The van der Waals surface area contributed by atoms with Gasteiger partial charge in [0.25, 0.3) is 0 Å². The molecule has 1 aliphatic carbocycles. The second-order valence-corrected chi connectivity index (χ2v) is 8.09. The number of benzene rings is 1. The summed E-state index contributed by atoms with van der Waals surface area (Å²) in [6.07, 6.45) is 3.38. The van der Waals surface area contributed by atoms with Crippen LogP contribution in [-0.4, -0.2) is 29.9 Å². The zero-order chi connectivity index (χ0) is 18.9. The lowest BCUT2D eigenvalue weighted by atomic mass is 9.90. The van der Waals surface area contributed by atoms with Gasteiger partial charge in [0.15, 0.2) is 0 Å². The van der Waals surface area contributed by atoms with E-state index in [-0.39, 0.29) is 23.6 Å². The summed E-state index contributed by atoms with van der Waals surface area (Å²) in [7, 11) is 0. The fourth-order valence-corrected chi connectivity index (χ4v) is 3.51. The van der Waals surface area contributed by atoms with E-state index in [9.17, 15) is 9.90 Å². The first-order valence-electron chi connectivity index (χ1n) is 9.42. The fourth-order valence-electron chi connectivity index (χ4n) is 3.51. The molecule has 0 bridgehead atoms. The quantitative estimate of drug-likeness (QED) is 0.732. The molecule has 2 aromatic rings. The molecule has 1 aromatic heterocycles. The fraction of sp³-hybridized carbons (Fsp3) is 0.571. The Balaban J connectivity index is 0.00000261. The van der Waals surface area contributed by atoms with Gasteiger partial charge in [0.1, 0.15) is 17.9 Å². The van der Waals surface area contributed by atoms with Crippen molar-refractivity contribution < 1.29 is 14.3 Å². The van der Waals surface area contributed by atoms with Crippen LogP contribution in [0, 0.1) is 6.92 Å². The molecule has 5 nitrogen and oxygen atoms in total. The standard InChI is InChI=1S/C21H29NO4.ClH/c1-13-9-17(25-12-21(3,4)22-11-14(2)23)19-15-7-5-6-8-16(15)20(24)26-18(19)10-13;/h9-10,14,22-23H,5-8,11-12H2,1-4H3;1H. The van der Waals surface area contributed by atoms with Crippen molar-refractivity contribution in [3.63, 3.8) is 0 Å². The van der Waals surface area contributed by atoms with Gasteiger partial charge in [0.05, 0.1) is 11.5 Å². The lowest BCUT2D eigenvalue weighted by Gasteiger charge is -2.28. The topological polar surface area (TPSA) is 71.7 Å². The molecule has 27 heavy (non-hydrogen) atoms. The number of aliphatic hydroxyl groups is 1. The third-order valence-corrected chi connectivity index (χ3v) is 4.89. The second-order valence-electron chi connectivity index (χ2n) is 8.09. The Hall–Kier alpha value is -1.56. The summed E-state index contributed by atoms with van der Waals surface area (Å²) in [4.78, 5) is 12.3. The van der Waals surface area contributed by atoms with Crippen LogP contribution in [0.1, 0.15) is 50.3 Å². The molecule has 2 N–H and O–H groups in total. The Bertz CT molecular complexity index is 857. The Labute approximate surface area is 166 Å². The minimum absolute atomic E-state index is 0. The van der Waals surface area contributed by atoms with E-state index >= 15 is 0 Å². The molecule has 1 heterocycles. The molecule has 0 amide bonds. The maximum Gasteiger partial charge on any atom is 0.339 e. The SMILES string of the molecule is Cc1cc(OCC(C)(C)NCC(C)O)c2c3c(c(=O)oc2c1)CCCC3.Cl. The Morgan fingerprint density at radius 2 is 1.93 bits per heavy atom. The van der Waals surface area contributed by atoms with E-state index in [0.29, 0.717) is 18.7 Å². The number of fused-ring (bicyclic) bond motifs is 3. The van der Waals surface area contributed by atoms with Gasteiger partial charge >= 0.3 is 5.63 Å². The van der Waals surface area contributed by atoms with Crippen molar-refractivity contribution in [3.05, 3.63) is 39.2 Å². The molecule has 0 aliphatic heterocycles. The second kappa shape index (κ2) is 8.63. The van der Waals surface area contributed by atoms with E-state index < -0.39 is 6.10 Å². The Kier molecular flexibility index (Phi) is 6.95. The highest BCUT2D eigenvalue weighted by Gasteiger charge is 2.23. The van der Waals surface area contributed by atoms with E-state index in [4.69, 9.17) is 9.15 Å². The van der Waals surface area contributed by atoms with Crippen LogP contribution in [0.3, 0.4) is 0 Å². The summed E-state index contributed by atoms with van der Waals surface area (Å²) in [5.74, 6) is 0.772. The summed E-state index contributed by atoms with van der Waals surface area (Å²) in [5.41, 5.74) is 3.02. The van der Waals surface area contributed by atoms with Crippen molar-refractivity contribution in [1.82, 2.24) is 5.32 Å². The Morgan fingerprint density at radius 3 is 2.59 bits per heavy atom. The number of rotatable bonds is 6. The Morgan fingerprint density at radius 1 is 1.26 bits per heavy atom. The van der Waals surface area contributed by atoms with Crippen LogP contribution >= 0.6 is 12.4 Å². The van der Waals surface area contributed by atoms with Crippen molar-refractivity contribution in [1.29, 1.82) is 0 Å². The van der Waals surface area contributed by atoms with E-state index in [1.165, 1.54) is 0 Å². The smallest absolute Gasteiger partial charge is 0.339 e. The number of halogens is 1. The molecule has 0 spiro atoms. The molecule has 3 rings (SSSR count). The lowest BCUT2D eigenvalue weighted by molar-refractivity contribution is 0.154. The third kappa shape index (κ3) is 5.03. The number of hydrogen-bond acceptors (Lipinski definition) is 5. The van der Waals surface area contributed by atoms with Gasteiger partial charge in [0.2, 0.25) is 0 Å². The summed E-state index contributed by atoms with van der Waals surface area (Å²) in [5, 5.41) is 13.7. The summed E-state index contributed by atoms with van der Waals surface area (Å²) in [6, 6.07) is 3.93. The molecule has 150 valence electrons. The molecule has 1 unspecified atom stereocenters. The molecule has 1 aliphatic rings. The predicted molar refractivity (Wildman–Crippen MR) is 110 cm³/mol. The highest BCUT2D eigenvalue weighted by molar-refractivity contribution is 5.88. The predicted octanol–water partition coefficient (Wildman–Crippen LogP) is 3.53. The number of hydrogen-bond donors (Lipinski definition) is 2. The van der Waals surface area contributed by atoms with Crippen molar-refractivity contribution in [2.75, 3.05) is 13.2 Å². The van der Waals surface area contributed by atoms with Crippen LogP contribution < -0.4 is 15.7 Å². The van der Waals surface area contributed by atoms with Gasteiger partial charge in [-0.15, -0.1) is 12.4 Å². The summed E-state index contributed by atoms with van der Waals surface area (Å²) in [6.45, 7) is 8.78. The van der Waals surface area contributed by atoms with Crippen molar-refractivity contribution in [2.45, 2.75) is 65.0 Å². The molecule has 0 saturated heterocycles. The van der Waals surface area contributed by atoms with Crippen LogP contribution in [-0.2, 0) is 12.8 Å². The van der Waals surface area contributed by atoms with Crippen molar-refractivity contribution in [3.8, 4) is 5.75 Å². The summed E-state index contributed by atoms with van der Waals surface area (Å²) >= 11 is 0. The maximum absolute atomic E-state index is 12.3. The number of ether oxygens (including phenoxy) is 1. The third-order valence-electron chi connectivity index (χ3n) is 4.89. The maximum atomic E-state index is 12.3. The minimum Gasteiger partial charge on any atom is -0.491 e. The minimum atomic E-state index is -0.407. The molecule has 1 atom stereocenters. The largest absolute Gasteiger partial charge is 0.491 e. The van der Waals surface area contributed by atoms with Gasteiger partial charge < -0.3 is 19.6 Å².